The van der Waals surface area contributed by atoms with E-state index in [-0.39, 0.29) is 203 Å². The first-order chi connectivity index (χ1) is 38.6. The number of esters is 2. The molecule has 6 N–H and O–H groups in total. The number of aryl methyl sites for hydroxylation is 2. The van der Waals surface area contributed by atoms with Crippen LogP contribution >= 0.6 is 0 Å². The van der Waals surface area contributed by atoms with Gasteiger partial charge in [0, 0.05) is 186 Å². The molecule has 0 amide bonds. The van der Waals surface area contributed by atoms with E-state index in [1.165, 1.54) is 0 Å². The molecule has 0 saturated carbocycles. The zero-order valence-corrected chi connectivity index (χ0v) is 59.8. The van der Waals surface area contributed by atoms with Crippen LogP contribution in [-0.4, -0.2) is 145 Å². The van der Waals surface area contributed by atoms with E-state index in [2.05, 4.69) is 32.9 Å². The van der Waals surface area contributed by atoms with Gasteiger partial charge in [-0.2, -0.15) is 5.26 Å². The van der Waals surface area contributed by atoms with E-state index in [1.54, 1.807) is 13.8 Å². The molecular weight excluding hydrogens is 1610 g/mol. The molecule has 0 aromatic heterocycles. The number of ether oxygens (including phenoxy) is 6. The van der Waals surface area contributed by atoms with Crippen molar-refractivity contribution in [3.63, 3.8) is 0 Å². The second-order valence-corrected chi connectivity index (χ2v) is 22.7. The van der Waals surface area contributed by atoms with Crippen molar-refractivity contribution in [2.75, 3.05) is 40.9 Å². The second kappa shape index (κ2) is 27.0. The molecule has 25 heteroatoms. The summed E-state index contributed by atoms with van der Waals surface area (Å²) in [5.41, 5.74) is 11.6. The normalized spacial score (nSPS) is 25.2. The second-order valence-electron chi connectivity index (χ2n) is 22.7. The Kier molecular flexibility index (Phi) is 21.8. The molecule has 451 valence electrons. The minimum atomic E-state index is -1.50. The van der Waals surface area contributed by atoms with Crippen LogP contribution in [0.25, 0.3) is 0 Å². The molecule has 2 unspecified atom stereocenters. The Morgan fingerprint density at radius 2 is 1.01 bits per heavy atom. The van der Waals surface area contributed by atoms with Gasteiger partial charge in [-0.25, -0.2) is 0 Å². The van der Waals surface area contributed by atoms with E-state index in [1.807, 2.05) is 60.5 Å². The number of aliphatic hydroxyl groups is 1. The number of nitrogens with zero attached hydrogens (tertiary/aromatic N) is 6. The van der Waals surface area contributed by atoms with Gasteiger partial charge < -0.3 is 59.2 Å². The summed E-state index contributed by atoms with van der Waals surface area (Å²) in [5.74, 6) is 2.30. The molecule has 8 aliphatic heterocycles. The van der Waals surface area contributed by atoms with Crippen LogP contribution < -0.4 is 18.9 Å². The van der Waals surface area contributed by atoms with Crippen LogP contribution in [0.4, 0.5) is 0 Å². The van der Waals surface area contributed by atoms with Gasteiger partial charge in [0.2, 0.25) is 13.6 Å². The molecule has 0 spiro atoms. The average molecular weight is 1680 g/mol. The number of aromatic hydroxyl groups is 4. The fourth-order valence-corrected chi connectivity index (χ4v) is 14.4. The Morgan fingerprint density at radius 1 is 0.631 bits per heavy atom. The fraction of sp³-hybridized carbons (Fsp3) is 0.542. The Balaban J connectivity index is 0.000000219. The Hall–Kier alpha value is -3.67. The number of likely N-dealkylation sites (N-methyl/N-ethyl adjacent to an activating group) is 2. The van der Waals surface area contributed by atoms with E-state index in [9.17, 15) is 40.4 Å². The summed E-state index contributed by atoms with van der Waals surface area (Å²) in [4.78, 5) is 41.9. The molecule has 2 saturated heterocycles. The number of hydrogen-bond acceptors (Lipinski definition) is 20. The van der Waals surface area contributed by atoms with Crippen molar-refractivity contribution < 1.29 is 184 Å². The smallest absolute Gasteiger partial charge is 0.305 e. The fourth-order valence-electron chi connectivity index (χ4n) is 14.4. The van der Waals surface area contributed by atoms with Gasteiger partial charge in [0.05, 0.1) is 36.3 Å². The summed E-state index contributed by atoms with van der Waals surface area (Å²) < 4.78 is 34.9. The molecule has 3 radical (unpaired) electrons. The van der Waals surface area contributed by atoms with E-state index in [4.69, 9.17) is 43.7 Å². The van der Waals surface area contributed by atoms with E-state index in [0.29, 0.717) is 108 Å². The molecule has 22 nitrogen and oxygen atoms in total. The summed E-state index contributed by atoms with van der Waals surface area (Å²) in [6.45, 7) is 15.4. The number of carbonyl (C=O) groups excluding carboxylic acids is 2. The molecule has 2 fully saturated rings. The number of carbonyl (C=O) groups is 2. The maximum absolute atomic E-state index is 12.5. The zero-order valence-electron chi connectivity index (χ0n) is 48.8. The molecule has 12 rings (SSSR count). The molecule has 0 aliphatic carbocycles. The van der Waals surface area contributed by atoms with E-state index in [0.717, 1.165) is 50.1 Å². The molecule has 84 heavy (non-hydrogen) atoms. The van der Waals surface area contributed by atoms with Gasteiger partial charge >= 0.3 is 11.9 Å². The number of phenolic OH excluding ortho intramolecular Hbond substituents is 4. The number of hydrogen-bond donors (Lipinski definition) is 6. The number of piperazine rings is 2. The van der Waals surface area contributed by atoms with Crippen LogP contribution in [-0.2, 0) is 67.1 Å². The first kappa shape index (κ1) is 67.8. The summed E-state index contributed by atoms with van der Waals surface area (Å²) in [6, 6.07) is 3.84. The first-order valence-corrected chi connectivity index (χ1v) is 27.7. The summed E-state index contributed by atoms with van der Waals surface area (Å²) >= 11 is 0. The van der Waals surface area contributed by atoms with Gasteiger partial charge in [0.1, 0.15) is 48.5 Å². The van der Waals surface area contributed by atoms with Crippen LogP contribution in [0, 0.1) is 151 Å². The minimum absolute atomic E-state index is 0. The number of rotatable bonds is 8. The molecule has 4 bridgehead atoms. The monoisotopic (exact) mass is 1680 g/mol. The molecule has 4 aromatic rings. The van der Waals surface area contributed by atoms with Crippen molar-refractivity contribution in [3.8, 4) is 52.1 Å². The topological polar surface area (TPSA) is 291 Å². The maximum atomic E-state index is 12.5. The van der Waals surface area contributed by atoms with Gasteiger partial charge in [-0.05, 0) is 128 Å². The van der Waals surface area contributed by atoms with Crippen LogP contribution in [0.1, 0.15) is 142 Å². The Bertz CT molecular complexity index is 3290. The Labute approximate surface area is 575 Å². The first-order valence-electron chi connectivity index (χ1n) is 27.7. The quantitative estimate of drug-likeness (QED) is 0.0457. The predicted molar refractivity (Wildman–Crippen MR) is 289 cm³/mol. The SMILES string of the molecule is CCCC(=O)OC[C@H]1c2c(c(O)c(C)c3c2OCO3)CC2[C@H]3c4c(cc(C)c(C)c4O)C[C@@H]([C@H](C#N)N21)N3C.CCCC(=O)OC[C@H]1c2c(c(O)c(C)c3c2OCO3)CC2[C@H]3c4c(cc(C)c(C)c4O)C[C@@H]([C@H](O)N21)N3C.O=[N+]([O-])O.[Ac].[Ac].[Ag]. The molecular formula is C59H72Ac2AgN6O16. The molecule has 10 atom stereocenters. The van der Waals surface area contributed by atoms with Crippen LogP contribution in [0.3, 0.4) is 0 Å². The number of nitriles is 1. The van der Waals surface area contributed by atoms with Gasteiger partial charge in [-0.15, -0.1) is 10.1 Å². The van der Waals surface area contributed by atoms with Crippen molar-refractivity contribution >= 4 is 11.9 Å². The van der Waals surface area contributed by atoms with Gasteiger partial charge in [0.25, 0.3) is 5.09 Å². The molecule has 8 aliphatic rings. The minimum Gasteiger partial charge on any atom is -0.507 e. The van der Waals surface area contributed by atoms with Crippen molar-refractivity contribution in [1.82, 2.24) is 19.6 Å². The van der Waals surface area contributed by atoms with E-state index >= 15 is 0 Å². The molecule has 8 heterocycles. The van der Waals surface area contributed by atoms with Gasteiger partial charge in [0.15, 0.2) is 23.0 Å². The summed E-state index contributed by atoms with van der Waals surface area (Å²) in [6.07, 6.45) is 3.12. The standard InChI is InChI=1S/C30H35N3O6.C29H36N2O7.2Ac.Ag.HNO3/c1-6-7-23(34)37-12-22-25-18(27(35)16(4)29-30(25)39-13-38-29)10-20-26-24-17(8-14(2)15(3)28(24)36)9-19(32(26)5)21(11-31)33(20)22;1-6-7-21(32)36-11-20-23-17(25(33)15(4)27-28(23)38-12-37-27)10-18-24-22-16(8-13(2)14(3)26(22)34)9-19(30(24)5)29(35)31(18)20;;;;2-1(3)4/h8,19-22,26,35-36H,6-7,9-10,12-13H2,1-5H3;8,18-20,24,29,33-35H,6-7,9-12H2,1-5H3;;;;(H,2,3,4)/t19-,20?,21-,22-,26-;18?,19-,20-,24-,29-;;;;/m00..../s1. The van der Waals surface area contributed by atoms with Gasteiger partial charge in [-0.3, -0.25) is 29.2 Å². The summed E-state index contributed by atoms with van der Waals surface area (Å²) in [5, 5.41) is 81.7. The van der Waals surface area contributed by atoms with Crippen LogP contribution in [0.2, 0.25) is 0 Å². The average Bonchev–Trinajstić information content (AvgIpc) is 0.876. The zero-order chi connectivity index (χ0) is 58.4. The third-order valence-electron chi connectivity index (χ3n) is 18.5. The van der Waals surface area contributed by atoms with Crippen molar-refractivity contribution in [2.45, 2.75) is 167 Å². The summed E-state index contributed by atoms with van der Waals surface area (Å²) in [7, 11) is 4.01. The third-order valence-corrected chi connectivity index (χ3v) is 18.5. The Morgan fingerprint density at radius 3 is 1.43 bits per heavy atom. The number of phenols is 4. The number of benzene rings is 4. The molecule has 4 aromatic carbocycles. The van der Waals surface area contributed by atoms with Crippen LogP contribution in [0.5, 0.6) is 46.0 Å². The predicted octanol–water partition coefficient (Wildman–Crippen LogP) is 6.81. The van der Waals surface area contributed by atoms with Crippen molar-refractivity contribution in [2.24, 2.45) is 0 Å². The van der Waals surface area contributed by atoms with Crippen molar-refractivity contribution in [3.05, 3.63) is 100 Å². The third kappa shape index (κ3) is 11.4. The van der Waals surface area contributed by atoms with Gasteiger partial charge in [-0.1, -0.05) is 26.0 Å². The van der Waals surface area contributed by atoms with E-state index < -0.39 is 29.4 Å². The maximum Gasteiger partial charge on any atom is 0.305 e. The number of aliphatic hydroxyl groups excluding tert-OH is 1. The van der Waals surface area contributed by atoms with Crippen molar-refractivity contribution in [1.29, 1.82) is 5.26 Å². The van der Waals surface area contributed by atoms with Crippen LogP contribution in [0.15, 0.2) is 12.1 Å². The number of fused-ring (bicyclic) bond motifs is 18. The largest absolute Gasteiger partial charge is 0.507 e.